The first-order valence-electron chi connectivity index (χ1n) is 12.1. The van der Waals surface area contributed by atoms with E-state index in [4.69, 9.17) is 16.3 Å². The molecule has 0 spiro atoms. The van der Waals surface area contributed by atoms with Crippen molar-refractivity contribution in [3.63, 3.8) is 0 Å². The number of nitrogens with one attached hydrogen (secondary N) is 1. The Hall–Kier alpha value is -2.22. The third-order valence-corrected chi connectivity index (χ3v) is 7.63. The van der Waals surface area contributed by atoms with Gasteiger partial charge in [0.05, 0.1) is 24.4 Å². The van der Waals surface area contributed by atoms with Gasteiger partial charge in [0.2, 0.25) is 5.91 Å². The average Bonchev–Trinajstić information content (AvgIpc) is 3.31. The topological polar surface area (TPSA) is 74.7 Å². The van der Waals surface area contributed by atoms with Crippen LogP contribution in [0, 0.1) is 13.8 Å². The Kier molecular flexibility index (Phi) is 10.8. The zero-order valence-electron chi connectivity index (χ0n) is 20.8. The van der Waals surface area contributed by atoms with Gasteiger partial charge in [-0.1, -0.05) is 12.1 Å². The van der Waals surface area contributed by atoms with E-state index in [0.717, 1.165) is 49.2 Å². The third-order valence-electron chi connectivity index (χ3n) is 6.03. The number of anilines is 1. The molecule has 0 aliphatic carbocycles. The van der Waals surface area contributed by atoms with Crippen molar-refractivity contribution in [3.05, 3.63) is 64.3 Å². The molecule has 1 aromatic carbocycles. The molecule has 4 rings (SSSR count). The summed E-state index contributed by atoms with van der Waals surface area (Å²) >= 11 is 7.92. The summed E-state index contributed by atoms with van der Waals surface area (Å²) in [5.74, 6) is 0.818. The first-order chi connectivity index (χ1) is 16.9. The van der Waals surface area contributed by atoms with Crippen LogP contribution in [0.5, 0.6) is 5.75 Å². The molecule has 2 aromatic rings. The molecule has 1 aromatic heterocycles. The van der Waals surface area contributed by atoms with E-state index < -0.39 is 0 Å². The molecule has 2 N–H and O–H groups in total. The molecule has 2 aliphatic heterocycles. The quantitative estimate of drug-likeness (QED) is 0.485. The number of benzene rings is 1. The zero-order valence-corrected chi connectivity index (χ0v) is 22.4. The maximum absolute atomic E-state index is 12.9. The van der Waals surface area contributed by atoms with Gasteiger partial charge in [0, 0.05) is 41.7 Å². The van der Waals surface area contributed by atoms with E-state index in [2.05, 4.69) is 22.4 Å². The van der Waals surface area contributed by atoms with Crippen molar-refractivity contribution in [1.82, 2.24) is 9.88 Å². The van der Waals surface area contributed by atoms with Crippen molar-refractivity contribution in [2.24, 2.45) is 0 Å². The highest BCUT2D eigenvalue weighted by atomic mass is 35.5. The normalized spacial score (nSPS) is 19.5. The Balaban J connectivity index is 0.000000363. The van der Waals surface area contributed by atoms with Crippen LogP contribution in [0.2, 0.25) is 0 Å². The molecule has 2 unspecified atom stereocenters. The second kappa shape index (κ2) is 13.8. The van der Waals surface area contributed by atoms with E-state index in [1.54, 1.807) is 18.9 Å². The number of hydrogen-bond acceptors (Lipinski definition) is 6. The lowest BCUT2D eigenvalue weighted by molar-refractivity contribution is -0.131. The Morgan fingerprint density at radius 1 is 1.29 bits per heavy atom. The van der Waals surface area contributed by atoms with Crippen LogP contribution in [0.15, 0.2) is 47.5 Å². The number of carbonyl (C=O) groups excluding carboxylic acids is 1. The zero-order chi connectivity index (χ0) is 25.2. The summed E-state index contributed by atoms with van der Waals surface area (Å²) in [6.45, 7) is 5.13. The number of nitrogens with zero attached hydrogens (tertiary/aromatic N) is 2. The molecule has 35 heavy (non-hydrogen) atoms. The van der Waals surface area contributed by atoms with Gasteiger partial charge in [0.1, 0.15) is 5.75 Å². The summed E-state index contributed by atoms with van der Waals surface area (Å²) in [5.41, 5.74) is 4.10. The molecular formula is C27H36ClN3O3S. The van der Waals surface area contributed by atoms with E-state index in [1.807, 2.05) is 49.2 Å². The van der Waals surface area contributed by atoms with Crippen molar-refractivity contribution < 1.29 is 14.6 Å². The number of amides is 1. The predicted molar refractivity (Wildman–Crippen MR) is 145 cm³/mol. The van der Waals surface area contributed by atoms with E-state index in [1.165, 1.54) is 10.5 Å². The Labute approximate surface area is 218 Å². The maximum atomic E-state index is 12.9. The van der Waals surface area contributed by atoms with Crippen LogP contribution >= 0.6 is 23.4 Å². The number of methoxy groups -OCH3 is 1. The van der Waals surface area contributed by atoms with E-state index in [9.17, 15) is 9.90 Å². The van der Waals surface area contributed by atoms with Crippen molar-refractivity contribution in [2.45, 2.75) is 56.7 Å². The lowest BCUT2D eigenvalue weighted by Crippen LogP contribution is -2.46. The number of aliphatic hydroxyl groups excluding tert-OH is 1. The Morgan fingerprint density at radius 3 is 2.74 bits per heavy atom. The second-order valence-electron chi connectivity index (χ2n) is 8.84. The SMILES string of the molecule is COc1cc(CCO)cc(NCC(=O)N2CCCCC2C2=CCC(Cl)S2)c1.Cc1ccc(C)nc1. The maximum Gasteiger partial charge on any atom is 0.242 e. The molecule has 1 fully saturated rings. The average molecular weight is 518 g/mol. The monoisotopic (exact) mass is 517 g/mol. The Bertz CT molecular complexity index is 979. The van der Waals surface area contributed by atoms with Crippen molar-refractivity contribution in [1.29, 1.82) is 0 Å². The molecule has 2 aliphatic rings. The minimum Gasteiger partial charge on any atom is -0.497 e. The summed E-state index contributed by atoms with van der Waals surface area (Å²) < 4.78 is 5.42. The van der Waals surface area contributed by atoms with Gasteiger partial charge >= 0.3 is 0 Å². The highest BCUT2D eigenvalue weighted by Gasteiger charge is 2.32. The van der Waals surface area contributed by atoms with E-state index in [0.29, 0.717) is 12.2 Å². The van der Waals surface area contributed by atoms with Crippen LogP contribution in [-0.4, -0.2) is 58.5 Å². The number of aliphatic hydroxyl groups is 1. The number of carbonyl (C=O) groups is 1. The van der Waals surface area contributed by atoms with Gasteiger partial charge in [0.15, 0.2) is 0 Å². The Morgan fingerprint density at radius 2 is 2.11 bits per heavy atom. The molecule has 190 valence electrons. The van der Waals surface area contributed by atoms with Gasteiger partial charge in [0.25, 0.3) is 0 Å². The van der Waals surface area contributed by atoms with Crippen LogP contribution in [0.1, 0.15) is 42.5 Å². The van der Waals surface area contributed by atoms with Crippen LogP contribution < -0.4 is 10.1 Å². The highest BCUT2D eigenvalue weighted by molar-refractivity contribution is 8.05. The number of likely N-dealkylation sites (tertiary alicyclic amines) is 1. The fraction of sp³-hybridized carbons (Fsp3) is 0.481. The van der Waals surface area contributed by atoms with Crippen LogP contribution in [0.25, 0.3) is 0 Å². The predicted octanol–water partition coefficient (Wildman–Crippen LogP) is 5.31. The van der Waals surface area contributed by atoms with Crippen molar-refractivity contribution in [3.8, 4) is 5.75 Å². The first-order valence-corrected chi connectivity index (χ1v) is 13.4. The number of piperidine rings is 1. The minimum absolute atomic E-state index is 0.0787. The van der Waals surface area contributed by atoms with Crippen molar-refractivity contribution >= 4 is 35.0 Å². The number of rotatable bonds is 7. The number of ether oxygens (including phenoxy) is 1. The second-order valence-corrected chi connectivity index (χ2v) is 10.9. The molecule has 0 bridgehead atoms. The number of thioether (sulfide) groups is 1. The summed E-state index contributed by atoms with van der Waals surface area (Å²) in [5, 5.41) is 12.4. The number of aryl methyl sites for hydroxylation is 2. The van der Waals surface area contributed by atoms with Crippen LogP contribution in [0.3, 0.4) is 0 Å². The number of allylic oxidation sites excluding steroid dienone is 1. The third kappa shape index (κ3) is 8.44. The molecule has 1 saturated heterocycles. The molecule has 6 nitrogen and oxygen atoms in total. The summed E-state index contributed by atoms with van der Waals surface area (Å²) in [6.07, 6.45) is 8.69. The van der Waals surface area contributed by atoms with E-state index >= 15 is 0 Å². The number of halogens is 1. The standard InChI is InChI=1S/C20H27ClN2O3S.C7H9N/c1-26-16-11-14(7-9-24)10-15(12-16)22-13-20(25)23-8-3-2-4-17(23)18-5-6-19(21)27-18;1-6-3-4-7(2)8-5-6/h5,10-12,17,19,22,24H,2-4,6-9,13H2,1H3;3-5H,1-2H3. The smallest absolute Gasteiger partial charge is 0.242 e. The molecule has 0 radical (unpaired) electrons. The summed E-state index contributed by atoms with van der Waals surface area (Å²) in [6, 6.07) is 9.95. The number of aromatic nitrogens is 1. The van der Waals surface area contributed by atoms with Gasteiger partial charge in [-0.15, -0.1) is 23.4 Å². The summed E-state index contributed by atoms with van der Waals surface area (Å²) in [4.78, 5) is 20.2. The van der Waals surface area contributed by atoms with Gasteiger partial charge < -0.3 is 20.1 Å². The molecule has 3 heterocycles. The number of hydrogen-bond donors (Lipinski definition) is 2. The fourth-order valence-corrected chi connectivity index (χ4v) is 5.65. The van der Waals surface area contributed by atoms with Gasteiger partial charge in [-0.2, -0.15) is 0 Å². The molecule has 2 atom stereocenters. The number of alkyl halides is 1. The van der Waals surface area contributed by atoms with Crippen molar-refractivity contribution in [2.75, 3.05) is 32.1 Å². The highest BCUT2D eigenvalue weighted by Crippen LogP contribution is 2.40. The van der Waals surface area contributed by atoms with Gasteiger partial charge in [-0.05, 0) is 75.3 Å². The molecular weight excluding hydrogens is 482 g/mol. The van der Waals surface area contributed by atoms with E-state index in [-0.39, 0.29) is 29.8 Å². The number of pyridine rings is 1. The minimum atomic E-state index is 0.0787. The fourth-order valence-electron chi connectivity index (χ4n) is 4.17. The molecule has 1 amide bonds. The lowest BCUT2D eigenvalue weighted by Gasteiger charge is -2.36. The van der Waals surface area contributed by atoms with Crippen LogP contribution in [0.4, 0.5) is 5.69 Å². The largest absolute Gasteiger partial charge is 0.497 e. The summed E-state index contributed by atoms with van der Waals surface area (Å²) in [7, 11) is 1.61. The lowest BCUT2D eigenvalue weighted by atomic mass is 10.0. The first kappa shape index (κ1) is 27.4. The van der Waals surface area contributed by atoms with Gasteiger partial charge in [-0.3, -0.25) is 9.78 Å². The van der Waals surface area contributed by atoms with Gasteiger partial charge in [-0.25, -0.2) is 0 Å². The van der Waals surface area contributed by atoms with Crippen LogP contribution in [-0.2, 0) is 11.2 Å². The molecule has 0 saturated carbocycles. The molecule has 8 heteroatoms.